The minimum atomic E-state index is -0.630. The Morgan fingerprint density at radius 1 is 0.974 bits per heavy atom. The molecular formula is C27H30ClN5O4S. The standard InChI is InChI=1S/C26H25ClN4O4S.CH5N/c1-31(2)36-17-9-7-15(8-10-17)14-3-5-16(6-4-14)22-18(27)11-19-25(29-22)30-26(28-19)35-21-13-34-23-20(32)12-33-24(21)23;1-2/h3-11,20-21,23-24,32H,12-13H2,1-2H3,(H,28,29,30);2H2,1H3. The summed E-state index contributed by atoms with van der Waals surface area (Å²) in [5.74, 6) is 0. The van der Waals surface area contributed by atoms with Gasteiger partial charge in [0.15, 0.2) is 11.8 Å². The molecule has 6 rings (SSSR count). The first kappa shape index (κ1) is 26.9. The maximum atomic E-state index is 9.93. The Labute approximate surface area is 230 Å². The lowest BCUT2D eigenvalue weighted by molar-refractivity contribution is 0.00706. The van der Waals surface area contributed by atoms with Gasteiger partial charge in [-0.25, -0.2) is 4.98 Å². The van der Waals surface area contributed by atoms with Crippen LogP contribution in [0.5, 0.6) is 6.01 Å². The fourth-order valence-electron chi connectivity index (χ4n) is 4.58. The number of fused-ring (bicyclic) bond motifs is 2. The van der Waals surface area contributed by atoms with E-state index in [1.165, 1.54) is 11.9 Å². The number of hydrogen-bond acceptors (Lipinski definition) is 9. The van der Waals surface area contributed by atoms with Gasteiger partial charge in [0.1, 0.15) is 18.3 Å². The molecule has 2 fully saturated rings. The van der Waals surface area contributed by atoms with Gasteiger partial charge in [0.05, 0.1) is 29.4 Å². The number of halogens is 1. The van der Waals surface area contributed by atoms with Crippen LogP contribution in [0.15, 0.2) is 59.5 Å². The molecule has 0 saturated carbocycles. The van der Waals surface area contributed by atoms with Crippen molar-refractivity contribution in [3.63, 3.8) is 0 Å². The molecule has 0 bridgehead atoms. The van der Waals surface area contributed by atoms with E-state index >= 15 is 0 Å². The van der Waals surface area contributed by atoms with Gasteiger partial charge in [0.2, 0.25) is 0 Å². The monoisotopic (exact) mass is 555 g/mol. The molecule has 2 aliphatic heterocycles. The van der Waals surface area contributed by atoms with Gasteiger partial charge in [0, 0.05) is 10.5 Å². The quantitative estimate of drug-likeness (QED) is 0.303. The second-order valence-electron chi connectivity index (χ2n) is 9.06. The summed E-state index contributed by atoms with van der Waals surface area (Å²) in [7, 11) is 5.56. The van der Waals surface area contributed by atoms with Crippen LogP contribution in [0.2, 0.25) is 5.02 Å². The number of aliphatic hydroxyl groups is 1. The number of hydrogen-bond donors (Lipinski definition) is 3. The molecule has 38 heavy (non-hydrogen) atoms. The molecule has 0 spiro atoms. The van der Waals surface area contributed by atoms with Gasteiger partial charge in [0.25, 0.3) is 6.01 Å². The van der Waals surface area contributed by atoms with Gasteiger partial charge < -0.3 is 30.0 Å². The fourth-order valence-corrected chi connectivity index (χ4v) is 5.52. The number of aliphatic hydroxyl groups excluding tert-OH is 1. The van der Waals surface area contributed by atoms with Crippen LogP contribution in [0.1, 0.15) is 0 Å². The van der Waals surface area contributed by atoms with E-state index in [0.29, 0.717) is 34.5 Å². The molecule has 200 valence electrons. The van der Waals surface area contributed by atoms with Crippen LogP contribution in [0, 0.1) is 0 Å². The van der Waals surface area contributed by atoms with E-state index in [0.717, 1.165) is 16.7 Å². The summed E-state index contributed by atoms with van der Waals surface area (Å²) < 4.78 is 19.3. The van der Waals surface area contributed by atoms with E-state index in [1.54, 1.807) is 18.0 Å². The van der Waals surface area contributed by atoms with E-state index in [-0.39, 0.29) is 24.9 Å². The Kier molecular flexibility index (Phi) is 8.20. The lowest BCUT2D eigenvalue weighted by Crippen LogP contribution is -2.34. The number of aromatic nitrogens is 3. The number of nitrogens with two attached hydrogens (primary N) is 1. The largest absolute Gasteiger partial charge is 0.456 e. The molecule has 0 aliphatic carbocycles. The highest BCUT2D eigenvalue weighted by Gasteiger charge is 2.48. The van der Waals surface area contributed by atoms with Gasteiger partial charge in [-0.1, -0.05) is 48.0 Å². The molecule has 11 heteroatoms. The lowest BCUT2D eigenvalue weighted by Gasteiger charge is -2.15. The van der Waals surface area contributed by atoms with Crippen molar-refractivity contribution in [1.82, 2.24) is 19.3 Å². The molecule has 9 nitrogen and oxygen atoms in total. The molecule has 2 aromatic carbocycles. The van der Waals surface area contributed by atoms with Gasteiger partial charge in [-0.2, -0.15) is 4.98 Å². The number of rotatable bonds is 6. The average molecular weight is 556 g/mol. The molecule has 4 heterocycles. The number of ether oxygens (including phenoxy) is 3. The highest BCUT2D eigenvalue weighted by Crippen LogP contribution is 2.33. The van der Waals surface area contributed by atoms with E-state index in [9.17, 15) is 5.11 Å². The van der Waals surface area contributed by atoms with Crippen LogP contribution in [-0.2, 0) is 9.47 Å². The van der Waals surface area contributed by atoms with Crippen LogP contribution in [0.4, 0.5) is 0 Å². The molecule has 2 aromatic heterocycles. The van der Waals surface area contributed by atoms with Gasteiger partial charge in [-0.3, -0.25) is 4.31 Å². The van der Waals surface area contributed by atoms with Crippen LogP contribution in [-0.4, -0.2) is 83.1 Å². The molecule has 2 aliphatic rings. The van der Waals surface area contributed by atoms with E-state index in [2.05, 4.69) is 56.4 Å². The summed E-state index contributed by atoms with van der Waals surface area (Å²) in [4.78, 5) is 13.5. The van der Waals surface area contributed by atoms with Crippen molar-refractivity contribution >= 4 is 34.7 Å². The van der Waals surface area contributed by atoms with Crippen LogP contribution < -0.4 is 10.5 Å². The Hall–Kier alpha value is -2.70. The first-order valence-electron chi connectivity index (χ1n) is 12.2. The topological polar surface area (TPSA) is 119 Å². The Balaban J connectivity index is 0.00000144. The van der Waals surface area contributed by atoms with Gasteiger partial charge in [-0.05, 0) is 62.4 Å². The summed E-state index contributed by atoms with van der Waals surface area (Å²) in [6.07, 6.45) is -1.67. The second kappa shape index (κ2) is 11.6. The van der Waals surface area contributed by atoms with Crippen molar-refractivity contribution in [2.75, 3.05) is 34.4 Å². The summed E-state index contributed by atoms with van der Waals surface area (Å²) in [6.45, 7) is 0.571. The number of benzene rings is 2. The Bertz CT molecular complexity index is 1380. The van der Waals surface area contributed by atoms with E-state index in [1.807, 2.05) is 26.2 Å². The van der Waals surface area contributed by atoms with E-state index in [4.69, 9.17) is 30.8 Å². The van der Waals surface area contributed by atoms with E-state index < -0.39 is 6.10 Å². The zero-order valence-electron chi connectivity index (χ0n) is 21.3. The Morgan fingerprint density at radius 3 is 2.29 bits per heavy atom. The maximum Gasteiger partial charge on any atom is 0.296 e. The minimum absolute atomic E-state index is 0.246. The normalized spacial score (nSPS) is 22.4. The number of imidazole rings is 1. The number of aromatic amines is 1. The summed E-state index contributed by atoms with van der Waals surface area (Å²) >= 11 is 8.29. The van der Waals surface area contributed by atoms with Gasteiger partial charge >= 0.3 is 0 Å². The average Bonchev–Trinajstić information content (AvgIpc) is 3.61. The van der Waals surface area contributed by atoms with Crippen LogP contribution >= 0.6 is 23.5 Å². The molecule has 0 amide bonds. The molecule has 2 saturated heterocycles. The van der Waals surface area contributed by atoms with Crippen LogP contribution in [0.25, 0.3) is 33.5 Å². The highest BCUT2D eigenvalue weighted by atomic mass is 35.5. The molecule has 0 radical (unpaired) electrons. The molecule has 4 aromatic rings. The van der Waals surface area contributed by atoms with Crippen molar-refractivity contribution in [1.29, 1.82) is 0 Å². The number of pyridine rings is 1. The first-order valence-corrected chi connectivity index (χ1v) is 13.4. The third-order valence-electron chi connectivity index (χ3n) is 6.28. The number of nitrogens with zero attached hydrogens (tertiary/aromatic N) is 3. The maximum absolute atomic E-state index is 9.93. The third kappa shape index (κ3) is 5.52. The smallest absolute Gasteiger partial charge is 0.296 e. The van der Waals surface area contributed by atoms with Crippen molar-refractivity contribution < 1.29 is 19.3 Å². The number of H-pyrrole nitrogens is 1. The predicted octanol–water partition coefficient (Wildman–Crippen LogP) is 3.99. The van der Waals surface area contributed by atoms with Crippen molar-refractivity contribution in [3.05, 3.63) is 59.6 Å². The van der Waals surface area contributed by atoms with Crippen molar-refractivity contribution in [3.8, 4) is 28.4 Å². The summed E-state index contributed by atoms with van der Waals surface area (Å²) in [6, 6.07) is 18.8. The van der Waals surface area contributed by atoms with Crippen LogP contribution in [0.3, 0.4) is 0 Å². The zero-order valence-corrected chi connectivity index (χ0v) is 22.9. The summed E-state index contributed by atoms with van der Waals surface area (Å²) in [5, 5.41) is 10.4. The first-order chi connectivity index (χ1) is 18.4. The third-order valence-corrected chi connectivity index (χ3v) is 7.42. The number of nitrogens with one attached hydrogen (secondary N) is 1. The highest BCUT2D eigenvalue weighted by molar-refractivity contribution is 7.97. The SMILES string of the molecule is CN.CN(C)Sc1ccc(-c2ccc(-c3nc4nc(OC5COC6C(O)COC56)[nH]c4cc3Cl)cc2)cc1. The Morgan fingerprint density at radius 2 is 1.61 bits per heavy atom. The fraction of sp³-hybridized carbons (Fsp3) is 0.333. The second-order valence-corrected chi connectivity index (χ2v) is 10.8. The van der Waals surface area contributed by atoms with Gasteiger partial charge in [-0.15, -0.1) is 0 Å². The predicted molar refractivity (Wildman–Crippen MR) is 149 cm³/mol. The zero-order chi connectivity index (χ0) is 26.8. The molecular weight excluding hydrogens is 526 g/mol. The van der Waals surface area contributed by atoms with Crippen molar-refractivity contribution in [2.45, 2.75) is 29.3 Å². The van der Waals surface area contributed by atoms with Crippen molar-refractivity contribution in [2.24, 2.45) is 5.73 Å². The molecule has 4 atom stereocenters. The summed E-state index contributed by atoms with van der Waals surface area (Å²) in [5.41, 5.74) is 9.49. The molecule has 4 unspecified atom stereocenters. The molecule has 4 N–H and O–H groups in total. The minimum Gasteiger partial charge on any atom is -0.456 e. The lowest BCUT2D eigenvalue weighted by atomic mass is 10.0.